The van der Waals surface area contributed by atoms with Gasteiger partial charge in [0.05, 0.1) is 25.7 Å². The minimum absolute atomic E-state index is 0.209. The molecule has 0 aromatic carbocycles. The molecule has 2 aliphatic rings. The molecule has 28 heavy (non-hydrogen) atoms. The van der Waals surface area contributed by atoms with Crippen LogP contribution in [0.1, 0.15) is 48.0 Å². The van der Waals surface area contributed by atoms with E-state index in [-0.39, 0.29) is 12.3 Å². The van der Waals surface area contributed by atoms with Crippen molar-refractivity contribution in [3.63, 3.8) is 0 Å². The summed E-state index contributed by atoms with van der Waals surface area (Å²) in [6, 6.07) is 0. The molecule has 2 saturated heterocycles. The van der Waals surface area contributed by atoms with E-state index in [9.17, 15) is 14.7 Å². The van der Waals surface area contributed by atoms with Crippen LogP contribution in [-0.2, 0) is 28.5 Å². The van der Waals surface area contributed by atoms with E-state index in [2.05, 4.69) is 20.8 Å². The van der Waals surface area contributed by atoms with Crippen LogP contribution in [0.25, 0.3) is 0 Å². The molecule has 0 radical (unpaired) electrons. The number of carbonyl (C=O) groups excluding carboxylic acids is 2. The summed E-state index contributed by atoms with van der Waals surface area (Å²) in [5.41, 5.74) is 0. The fraction of sp³-hybridized carbons (Fsp3) is 0.900. The molecular weight excluding hydrogens is 366 g/mol. The fourth-order valence-electron chi connectivity index (χ4n) is 4.17. The van der Waals surface area contributed by atoms with E-state index in [1.54, 1.807) is 11.8 Å². The van der Waals surface area contributed by atoms with Gasteiger partial charge in [0.25, 0.3) is 5.79 Å². The highest BCUT2D eigenvalue weighted by molar-refractivity contribution is 5.77. The lowest BCUT2D eigenvalue weighted by molar-refractivity contribution is -0.894. The average molecular weight is 404 g/mol. The van der Waals surface area contributed by atoms with Crippen molar-refractivity contribution in [2.24, 2.45) is 17.8 Å². The van der Waals surface area contributed by atoms with Crippen molar-refractivity contribution in [2.45, 2.75) is 65.6 Å². The first-order valence-corrected chi connectivity index (χ1v) is 10.1. The highest BCUT2D eigenvalue weighted by Gasteiger charge is 2.72. The van der Waals surface area contributed by atoms with Gasteiger partial charge >= 0.3 is 5.97 Å². The molecule has 1 N–H and O–H groups in total. The Morgan fingerprint density at radius 2 is 1.75 bits per heavy atom. The van der Waals surface area contributed by atoms with Crippen LogP contribution in [-0.4, -0.2) is 63.5 Å². The lowest BCUT2D eigenvalue weighted by atomic mass is 9.79. The molecule has 164 valence electrons. The molecule has 0 bridgehead atoms. The minimum Gasteiger partial charge on any atom is -0.550 e. The lowest BCUT2D eigenvalue weighted by Crippen LogP contribution is -3.11. The van der Waals surface area contributed by atoms with E-state index in [0.717, 1.165) is 0 Å². The molecule has 8 heteroatoms. The second-order valence-corrected chi connectivity index (χ2v) is 7.65. The largest absolute Gasteiger partial charge is 0.550 e. The summed E-state index contributed by atoms with van der Waals surface area (Å²) < 4.78 is 22.3. The highest BCUT2D eigenvalue weighted by atomic mass is 16.8. The Morgan fingerprint density at radius 1 is 1.21 bits per heavy atom. The molecule has 0 spiro atoms. The number of carbonyl (C=O) groups is 2. The Kier molecular flexibility index (Phi) is 8.87. The average Bonchev–Trinajstić information content (AvgIpc) is 2.90. The number of quaternary nitrogens is 1. The van der Waals surface area contributed by atoms with Crippen molar-refractivity contribution in [3.8, 4) is 0 Å². The van der Waals surface area contributed by atoms with Crippen LogP contribution in [0.4, 0.5) is 0 Å². The standard InChI is InChI=1S/C14H22O7.C6H15N/c1-7-6-13(18-4)14(19-5,9(3)12(17)21-13)20-10(7)8(2)11(15)16;1-4-7(5-2)6-3/h7-10H,6H2,1-5H3,(H,15,16);4-6H2,1-3H3/t7-,8-,9-,10+,13-,14+;/m0./s1. The van der Waals surface area contributed by atoms with Crippen molar-refractivity contribution in [1.29, 1.82) is 0 Å². The van der Waals surface area contributed by atoms with Gasteiger partial charge in [0.2, 0.25) is 5.79 Å². The summed E-state index contributed by atoms with van der Waals surface area (Å²) in [4.78, 5) is 24.8. The van der Waals surface area contributed by atoms with Crippen LogP contribution >= 0.6 is 0 Å². The normalized spacial score (nSPS) is 35.6. The van der Waals surface area contributed by atoms with E-state index >= 15 is 0 Å². The van der Waals surface area contributed by atoms with Crippen LogP contribution in [0.15, 0.2) is 0 Å². The Labute approximate surface area is 168 Å². The molecule has 0 amide bonds. The number of ether oxygens (including phenoxy) is 4. The molecule has 0 aromatic heterocycles. The lowest BCUT2D eigenvalue weighted by Gasteiger charge is -2.51. The molecule has 0 aromatic rings. The molecule has 6 atom stereocenters. The summed E-state index contributed by atoms with van der Waals surface area (Å²) in [5, 5.41) is 11.2. The molecule has 2 aliphatic heterocycles. The maximum Gasteiger partial charge on any atom is 0.317 e. The van der Waals surface area contributed by atoms with E-state index in [0.29, 0.717) is 0 Å². The highest BCUT2D eigenvalue weighted by Crippen LogP contribution is 2.53. The Bertz CT molecular complexity index is 533. The molecule has 0 saturated carbocycles. The first-order valence-electron chi connectivity index (χ1n) is 10.1. The zero-order valence-corrected chi connectivity index (χ0v) is 18.5. The van der Waals surface area contributed by atoms with Crippen LogP contribution in [0.5, 0.6) is 0 Å². The third-order valence-electron chi connectivity index (χ3n) is 6.18. The number of esters is 1. The number of carboxylic acids is 1. The van der Waals surface area contributed by atoms with E-state index in [1.807, 2.05) is 6.92 Å². The van der Waals surface area contributed by atoms with Gasteiger partial charge in [-0.05, 0) is 33.6 Å². The predicted molar refractivity (Wildman–Crippen MR) is 100 cm³/mol. The zero-order valence-electron chi connectivity index (χ0n) is 18.5. The van der Waals surface area contributed by atoms with Gasteiger partial charge in [-0.15, -0.1) is 0 Å². The van der Waals surface area contributed by atoms with Crippen molar-refractivity contribution in [2.75, 3.05) is 33.9 Å². The van der Waals surface area contributed by atoms with E-state index in [1.165, 1.54) is 40.8 Å². The summed E-state index contributed by atoms with van der Waals surface area (Å²) >= 11 is 0. The third kappa shape index (κ3) is 4.35. The molecule has 0 aliphatic carbocycles. The quantitative estimate of drug-likeness (QED) is 0.578. The van der Waals surface area contributed by atoms with Crippen molar-refractivity contribution < 1.29 is 38.5 Å². The summed E-state index contributed by atoms with van der Waals surface area (Å²) in [6.45, 7) is 15.4. The molecule has 2 rings (SSSR count). The molecule has 2 fully saturated rings. The van der Waals surface area contributed by atoms with Crippen LogP contribution in [0.2, 0.25) is 0 Å². The Morgan fingerprint density at radius 3 is 2.11 bits per heavy atom. The number of fused-ring (bicyclic) bond motifs is 1. The van der Waals surface area contributed by atoms with Crippen molar-refractivity contribution in [3.05, 3.63) is 0 Å². The smallest absolute Gasteiger partial charge is 0.317 e. The molecule has 0 unspecified atom stereocenters. The van der Waals surface area contributed by atoms with Gasteiger partial charge in [0, 0.05) is 32.5 Å². The molecule has 2 heterocycles. The number of hydrogen-bond acceptors (Lipinski definition) is 7. The maximum atomic E-state index is 12.0. The van der Waals surface area contributed by atoms with Gasteiger partial charge in [-0.2, -0.15) is 0 Å². The first-order chi connectivity index (χ1) is 13.1. The molecule has 8 nitrogen and oxygen atoms in total. The van der Waals surface area contributed by atoms with Crippen LogP contribution in [0, 0.1) is 17.8 Å². The van der Waals surface area contributed by atoms with E-state index in [4.69, 9.17) is 18.9 Å². The van der Waals surface area contributed by atoms with Gasteiger partial charge in [-0.1, -0.05) is 13.8 Å². The van der Waals surface area contributed by atoms with Crippen LogP contribution < -0.4 is 10.0 Å². The monoisotopic (exact) mass is 403 g/mol. The summed E-state index contributed by atoms with van der Waals surface area (Å²) in [7, 11) is 2.81. The SMILES string of the molecule is CC[NH+](CC)CC.CO[C@]12C[C@H](C)[C@H]([C@H](C)C(=O)[O-])O[C@]1(OC)[C@@H](C)C(=O)O2. The minimum atomic E-state index is -1.46. The number of methoxy groups -OCH3 is 2. The Hall–Kier alpha value is -1.22. The number of hydrogen-bond donors (Lipinski definition) is 1. The first kappa shape index (κ1) is 24.8. The maximum absolute atomic E-state index is 12.0. The van der Waals surface area contributed by atoms with Gasteiger partial charge < -0.3 is 33.7 Å². The zero-order chi connectivity index (χ0) is 21.7. The fourth-order valence-corrected chi connectivity index (χ4v) is 4.17. The number of aliphatic carboxylic acids is 1. The van der Waals surface area contributed by atoms with Gasteiger partial charge in [-0.25, -0.2) is 0 Å². The molecular formula is C20H37NO7. The van der Waals surface area contributed by atoms with Crippen LogP contribution in [0.3, 0.4) is 0 Å². The topological polar surface area (TPSA) is 98.6 Å². The second kappa shape index (κ2) is 10.0. The third-order valence-corrected chi connectivity index (χ3v) is 6.18. The summed E-state index contributed by atoms with van der Waals surface area (Å²) in [6.07, 6.45) is -0.370. The second-order valence-electron chi connectivity index (χ2n) is 7.65. The van der Waals surface area contributed by atoms with Crippen molar-refractivity contribution in [1.82, 2.24) is 0 Å². The number of carboxylic acid groups (broad SMARTS) is 1. The predicted octanol–water partition coefficient (Wildman–Crippen LogP) is -0.393. The number of rotatable bonds is 7. The van der Waals surface area contributed by atoms with Gasteiger partial charge in [0.15, 0.2) is 0 Å². The van der Waals surface area contributed by atoms with Gasteiger partial charge in [0.1, 0.15) is 5.92 Å². The van der Waals surface area contributed by atoms with Crippen molar-refractivity contribution >= 4 is 11.9 Å². The van der Waals surface area contributed by atoms with Gasteiger partial charge in [-0.3, -0.25) is 4.79 Å². The number of nitrogens with one attached hydrogen (secondary N) is 1. The van der Waals surface area contributed by atoms with E-state index < -0.39 is 41.5 Å². The summed E-state index contributed by atoms with van der Waals surface area (Å²) in [5.74, 6) is -6.30. The Balaban J connectivity index is 0.000000480.